The molecule has 2 N–H and O–H groups in total. The van der Waals surface area contributed by atoms with Crippen molar-refractivity contribution in [3.63, 3.8) is 0 Å². The molecule has 3 rings (SSSR count). The Balaban J connectivity index is 1.37. The van der Waals surface area contributed by atoms with Gasteiger partial charge in [-0.3, -0.25) is 10.1 Å². The molecule has 130 valence electrons. The number of carbonyl (C=O) groups excluding carboxylic acids is 2. The number of hydrogen-bond donors (Lipinski definition) is 2. The molecule has 25 heavy (non-hydrogen) atoms. The standard InChI is InChI=1S/C16H16N4O4S/c21-14(10-25-16-17-6-3-7-18-16)20-15(22)19-8-11-9-23-12-4-1-2-5-13(12)24-11/h1-7,11H,8-10H2,(H2,19,20,21,22)/t11-/m0/s1. The molecule has 1 aromatic carbocycles. The van der Waals surface area contributed by atoms with E-state index in [4.69, 9.17) is 9.47 Å². The first-order valence-electron chi connectivity index (χ1n) is 7.56. The maximum absolute atomic E-state index is 11.8. The topological polar surface area (TPSA) is 102 Å². The number of para-hydroxylation sites is 2. The van der Waals surface area contributed by atoms with Gasteiger partial charge in [-0.1, -0.05) is 23.9 Å². The van der Waals surface area contributed by atoms with Crippen LogP contribution >= 0.6 is 11.8 Å². The summed E-state index contributed by atoms with van der Waals surface area (Å²) in [4.78, 5) is 31.5. The molecule has 0 radical (unpaired) electrons. The Labute approximate surface area is 148 Å². The molecule has 0 aliphatic carbocycles. The van der Waals surface area contributed by atoms with E-state index in [0.717, 1.165) is 11.8 Å². The minimum Gasteiger partial charge on any atom is -0.486 e. The molecule has 0 bridgehead atoms. The molecule has 0 saturated carbocycles. The van der Waals surface area contributed by atoms with E-state index < -0.39 is 11.9 Å². The van der Waals surface area contributed by atoms with Gasteiger partial charge in [-0.05, 0) is 18.2 Å². The molecule has 2 heterocycles. The summed E-state index contributed by atoms with van der Waals surface area (Å²) in [6.45, 7) is 0.550. The van der Waals surface area contributed by atoms with Gasteiger partial charge in [0.25, 0.3) is 0 Å². The van der Waals surface area contributed by atoms with Crippen molar-refractivity contribution in [2.45, 2.75) is 11.3 Å². The van der Waals surface area contributed by atoms with Crippen LogP contribution in [0, 0.1) is 0 Å². The highest BCUT2D eigenvalue weighted by atomic mass is 32.2. The van der Waals surface area contributed by atoms with Crippen molar-refractivity contribution >= 4 is 23.7 Å². The average molecular weight is 360 g/mol. The van der Waals surface area contributed by atoms with Gasteiger partial charge < -0.3 is 14.8 Å². The number of nitrogens with zero attached hydrogens (tertiary/aromatic N) is 2. The van der Waals surface area contributed by atoms with Crippen LogP contribution in [0.5, 0.6) is 11.5 Å². The number of nitrogens with one attached hydrogen (secondary N) is 2. The summed E-state index contributed by atoms with van der Waals surface area (Å²) in [6.07, 6.45) is 2.86. The minimum atomic E-state index is -0.581. The maximum atomic E-state index is 11.8. The van der Waals surface area contributed by atoms with E-state index >= 15 is 0 Å². The molecular formula is C16H16N4O4S. The van der Waals surface area contributed by atoms with Crippen LogP contribution in [0.15, 0.2) is 47.9 Å². The summed E-state index contributed by atoms with van der Waals surface area (Å²) in [5, 5.41) is 5.32. The number of thioether (sulfide) groups is 1. The molecule has 8 nitrogen and oxygen atoms in total. The summed E-state index contributed by atoms with van der Waals surface area (Å²) in [5.41, 5.74) is 0. The van der Waals surface area contributed by atoms with Crippen molar-refractivity contribution < 1.29 is 19.1 Å². The fraction of sp³-hybridized carbons (Fsp3) is 0.250. The third-order valence-corrected chi connectivity index (χ3v) is 4.06. The highest BCUT2D eigenvalue weighted by Crippen LogP contribution is 2.30. The summed E-state index contributed by atoms with van der Waals surface area (Å²) in [5.74, 6) is 0.935. The number of fused-ring (bicyclic) bond motifs is 1. The van der Waals surface area contributed by atoms with E-state index in [2.05, 4.69) is 20.6 Å². The Hall–Kier alpha value is -2.81. The van der Waals surface area contributed by atoms with Gasteiger partial charge in [-0.2, -0.15) is 0 Å². The lowest BCUT2D eigenvalue weighted by Crippen LogP contribution is -2.46. The lowest BCUT2D eigenvalue weighted by molar-refractivity contribution is -0.117. The van der Waals surface area contributed by atoms with Crippen LogP contribution in [0.4, 0.5) is 4.79 Å². The Morgan fingerprint density at radius 1 is 1.16 bits per heavy atom. The predicted octanol–water partition coefficient (Wildman–Crippen LogP) is 1.23. The SMILES string of the molecule is O=C(CSc1ncccn1)NC(=O)NC[C@H]1COc2ccccc2O1. The number of aromatic nitrogens is 2. The fourth-order valence-electron chi connectivity index (χ4n) is 2.07. The monoisotopic (exact) mass is 360 g/mol. The number of carbonyl (C=O) groups is 2. The first kappa shape index (κ1) is 17.0. The Morgan fingerprint density at radius 3 is 2.72 bits per heavy atom. The van der Waals surface area contributed by atoms with Crippen LogP contribution in [0.1, 0.15) is 0 Å². The first-order valence-corrected chi connectivity index (χ1v) is 8.55. The zero-order valence-electron chi connectivity index (χ0n) is 13.2. The van der Waals surface area contributed by atoms with Crippen molar-refractivity contribution in [3.8, 4) is 11.5 Å². The Bertz CT molecular complexity index is 744. The van der Waals surface area contributed by atoms with Crippen LogP contribution in [0.25, 0.3) is 0 Å². The molecule has 3 amide bonds. The van der Waals surface area contributed by atoms with E-state index in [0.29, 0.717) is 23.3 Å². The van der Waals surface area contributed by atoms with E-state index in [1.165, 1.54) is 0 Å². The predicted molar refractivity (Wildman–Crippen MR) is 90.7 cm³/mol. The lowest BCUT2D eigenvalue weighted by Gasteiger charge is -2.26. The molecule has 0 unspecified atom stereocenters. The van der Waals surface area contributed by atoms with Crippen LogP contribution in [0.2, 0.25) is 0 Å². The molecule has 0 saturated heterocycles. The van der Waals surface area contributed by atoms with Gasteiger partial charge in [0.2, 0.25) is 5.91 Å². The molecule has 0 spiro atoms. The maximum Gasteiger partial charge on any atom is 0.321 e. The highest BCUT2D eigenvalue weighted by molar-refractivity contribution is 7.99. The van der Waals surface area contributed by atoms with Gasteiger partial charge in [0.1, 0.15) is 6.61 Å². The summed E-state index contributed by atoms with van der Waals surface area (Å²) in [7, 11) is 0. The van der Waals surface area contributed by atoms with Gasteiger partial charge in [0, 0.05) is 12.4 Å². The Morgan fingerprint density at radius 2 is 1.92 bits per heavy atom. The van der Waals surface area contributed by atoms with Gasteiger partial charge >= 0.3 is 6.03 Å². The fourth-order valence-corrected chi connectivity index (χ4v) is 2.67. The molecule has 1 aliphatic heterocycles. The van der Waals surface area contributed by atoms with Crippen LogP contribution in [0.3, 0.4) is 0 Å². The van der Waals surface area contributed by atoms with Gasteiger partial charge in [-0.25, -0.2) is 14.8 Å². The molecule has 1 atom stereocenters. The minimum absolute atomic E-state index is 0.0495. The zero-order chi connectivity index (χ0) is 17.5. The second kappa shape index (κ2) is 8.34. The number of rotatable bonds is 5. The van der Waals surface area contributed by atoms with Crippen molar-refractivity contribution in [2.75, 3.05) is 18.9 Å². The van der Waals surface area contributed by atoms with E-state index in [1.54, 1.807) is 24.5 Å². The molecule has 2 aromatic rings. The summed E-state index contributed by atoms with van der Waals surface area (Å²) in [6, 6.07) is 8.43. The number of urea groups is 1. The number of amides is 3. The van der Waals surface area contributed by atoms with Gasteiger partial charge in [-0.15, -0.1) is 0 Å². The van der Waals surface area contributed by atoms with Crippen molar-refractivity contribution in [2.24, 2.45) is 0 Å². The summed E-state index contributed by atoms with van der Waals surface area (Å²) < 4.78 is 11.3. The second-order valence-electron chi connectivity index (χ2n) is 5.08. The molecule has 1 aliphatic rings. The smallest absolute Gasteiger partial charge is 0.321 e. The van der Waals surface area contributed by atoms with Crippen LogP contribution in [-0.2, 0) is 4.79 Å². The van der Waals surface area contributed by atoms with E-state index in [9.17, 15) is 9.59 Å². The highest BCUT2D eigenvalue weighted by Gasteiger charge is 2.21. The first-order chi connectivity index (χ1) is 12.2. The third-order valence-electron chi connectivity index (χ3n) is 3.19. The van der Waals surface area contributed by atoms with E-state index in [-0.39, 0.29) is 18.4 Å². The molecule has 0 fully saturated rings. The largest absolute Gasteiger partial charge is 0.486 e. The van der Waals surface area contributed by atoms with Crippen molar-refractivity contribution in [1.82, 2.24) is 20.6 Å². The van der Waals surface area contributed by atoms with Gasteiger partial charge in [0.05, 0.1) is 12.3 Å². The molecule has 9 heteroatoms. The van der Waals surface area contributed by atoms with Crippen molar-refractivity contribution in [3.05, 3.63) is 42.7 Å². The van der Waals surface area contributed by atoms with Crippen LogP contribution in [-0.4, -0.2) is 46.9 Å². The normalized spacial score (nSPS) is 15.3. The third kappa shape index (κ3) is 5.08. The van der Waals surface area contributed by atoms with Crippen LogP contribution < -0.4 is 20.1 Å². The number of ether oxygens (including phenoxy) is 2. The average Bonchev–Trinajstić information content (AvgIpc) is 2.65. The lowest BCUT2D eigenvalue weighted by atomic mass is 10.2. The quantitative estimate of drug-likeness (QED) is 0.611. The van der Waals surface area contributed by atoms with Crippen molar-refractivity contribution in [1.29, 1.82) is 0 Å². The van der Waals surface area contributed by atoms with E-state index in [1.807, 2.05) is 18.2 Å². The summed E-state index contributed by atoms with van der Waals surface area (Å²) >= 11 is 1.15. The molecular weight excluding hydrogens is 344 g/mol. The number of hydrogen-bond acceptors (Lipinski definition) is 7. The second-order valence-corrected chi connectivity index (χ2v) is 6.02. The Kier molecular flexibility index (Phi) is 5.68. The molecule has 1 aromatic heterocycles. The van der Waals surface area contributed by atoms with Gasteiger partial charge in [0.15, 0.2) is 22.8 Å². The number of imide groups is 1. The zero-order valence-corrected chi connectivity index (χ0v) is 14.0. The number of benzene rings is 1.